The third kappa shape index (κ3) is 5.10. The standard InChI is InChI=1S/C25H27N3O4S2/c1-14-8-15(2)10-17(9-14)28-24(30)23-20(11-16(3)34-23)27-25(28)33-13-22(29)26-19-12-18(31-4)6-7-21(19)32-5/h6-10,12,16H,11,13H2,1-5H3,(H,26,29). The summed E-state index contributed by atoms with van der Waals surface area (Å²) in [5, 5.41) is 3.68. The van der Waals surface area contributed by atoms with Crippen molar-refractivity contribution in [1.82, 2.24) is 9.55 Å². The van der Waals surface area contributed by atoms with Crippen LogP contribution in [-0.4, -0.2) is 40.7 Å². The number of thioether (sulfide) groups is 2. The lowest BCUT2D eigenvalue weighted by Gasteiger charge is -2.15. The summed E-state index contributed by atoms with van der Waals surface area (Å²) in [5.74, 6) is 0.993. The summed E-state index contributed by atoms with van der Waals surface area (Å²) in [6.07, 6.45) is 0.740. The van der Waals surface area contributed by atoms with E-state index in [4.69, 9.17) is 14.5 Å². The molecule has 0 fully saturated rings. The lowest BCUT2D eigenvalue weighted by molar-refractivity contribution is -0.113. The fourth-order valence-electron chi connectivity index (χ4n) is 3.93. The monoisotopic (exact) mass is 497 g/mol. The van der Waals surface area contributed by atoms with E-state index in [1.165, 1.54) is 11.8 Å². The van der Waals surface area contributed by atoms with Crippen LogP contribution in [0.1, 0.15) is 23.7 Å². The van der Waals surface area contributed by atoms with Gasteiger partial charge in [0, 0.05) is 17.7 Å². The lowest BCUT2D eigenvalue weighted by atomic mass is 10.1. The van der Waals surface area contributed by atoms with Gasteiger partial charge in [0.05, 0.1) is 41.9 Å². The molecule has 1 N–H and O–H groups in total. The van der Waals surface area contributed by atoms with E-state index in [0.29, 0.717) is 32.5 Å². The summed E-state index contributed by atoms with van der Waals surface area (Å²) in [4.78, 5) is 31.8. The van der Waals surface area contributed by atoms with Gasteiger partial charge in [0.15, 0.2) is 5.16 Å². The normalized spacial score (nSPS) is 14.6. The molecule has 34 heavy (non-hydrogen) atoms. The van der Waals surface area contributed by atoms with Crippen LogP contribution < -0.4 is 20.3 Å². The number of carbonyl (C=O) groups is 1. The molecule has 178 valence electrons. The summed E-state index contributed by atoms with van der Waals surface area (Å²) < 4.78 is 12.2. The molecular formula is C25H27N3O4S2. The second-order valence-corrected chi connectivity index (χ2v) is 10.6. The van der Waals surface area contributed by atoms with Crippen LogP contribution in [0.2, 0.25) is 0 Å². The molecule has 0 radical (unpaired) electrons. The maximum absolute atomic E-state index is 13.5. The van der Waals surface area contributed by atoms with E-state index < -0.39 is 0 Å². The Morgan fingerprint density at radius 2 is 1.91 bits per heavy atom. The first-order chi connectivity index (χ1) is 16.3. The van der Waals surface area contributed by atoms with Gasteiger partial charge in [-0.05, 0) is 49.2 Å². The first kappa shape index (κ1) is 24.2. The fraction of sp³-hybridized carbons (Fsp3) is 0.320. The first-order valence-corrected chi connectivity index (χ1v) is 12.7. The minimum Gasteiger partial charge on any atom is -0.497 e. The Kier molecular flexibility index (Phi) is 7.23. The Labute approximate surface area is 207 Å². The number of anilines is 1. The van der Waals surface area contributed by atoms with Crippen molar-refractivity contribution in [3.8, 4) is 17.2 Å². The molecule has 2 aromatic carbocycles. The number of nitrogens with zero attached hydrogens (tertiary/aromatic N) is 2. The first-order valence-electron chi connectivity index (χ1n) is 10.8. The van der Waals surface area contributed by atoms with Gasteiger partial charge in [-0.3, -0.25) is 14.2 Å². The zero-order valence-corrected chi connectivity index (χ0v) is 21.4. The van der Waals surface area contributed by atoms with Crippen molar-refractivity contribution in [2.24, 2.45) is 0 Å². The van der Waals surface area contributed by atoms with E-state index in [-0.39, 0.29) is 17.2 Å². The summed E-state index contributed by atoms with van der Waals surface area (Å²) in [7, 11) is 3.11. The quantitative estimate of drug-likeness (QED) is 0.376. The number of hydrogen-bond donors (Lipinski definition) is 1. The molecule has 1 aliphatic heterocycles. The maximum atomic E-state index is 13.5. The van der Waals surface area contributed by atoms with Gasteiger partial charge in [-0.25, -0.2) is 4.98 Å². The number of ether oxygens (including phenoxy) is 2. The Balaban J connectivity index is 1.64. The Hall–Kier alpha value is -2.91. The van der Waals surface area contributed by atoms with Crippen LogP contribution in [0.5, 0.6) is 11.5 Å². The molecule has 3 aromatic rings. The van der Waals surface area contributed by atoms with E-state index in [9.17, 15) is 9.59 Å². The molecule has 0 saturated carbocycles. The molecule has 4 rings (SSSR count). The molecule has 2 heterocycles. The van der Waals surface area contributed by atoms with Crippen molar-refractivity contribution in [2.45, 2.75) is 42.5 Å². The molecule has 1 unspecified atom stereocenters. The van der Waals surface area contributed by atoms with Gasteiger partial charge in [-0.2, -0.15) is 0 Å². The lowest BCUT2D eigenvalue weighted by Crippen LogP contribution is -2.25. The molecular weight excluding hydrogens is 470 g/mol. The van der Waals surface area contributed by atoms with Crippen molar-refractivity contribution < 1.29 is 14.3 Å². The van der Waals surface area contributed by atoms with Gasteiger partial charge in [0.2, 0.25) is 5.91 Å². The van der Waals surface area contributed by atoms with Crippen LogP contribution in [0.15, 0.2) is 51.2 Å². The third-order valence-corrected chi connectivity index (χ3v) is 7.51. The van der Waals surface area contributed by atoms with Crippen molar-refractivity contribution in [1.29, 1.82) is 0 Å². The number of fused-ring (bicyclic) bond motifs is 1. The number of benzene rings is 2. The topological polar surface area (TPSA) is 82.5 Å². The highest BCUT2D eigenvalue weighted by Gasteiger charge is 2.27. The van der Waals surface area contributed by atoms with Gasteiger partial charge in [-0.15, -0.1) is 11.8 Å². The summed E-state index contributed by atoms with van der Waals surface area (Å²) in [6.45, 7) is 6.09. The highest BCUT2D eigenvalue weighted by molar-refractivity contribution is 8.00. The molecule has 9 heteroatoms. The van der Waals surface area contributed by atoms with Gasteiger partial charge >= 0.3 is 0 Å². The van der Waals surface area contributed by atoms with Gasteiger partial charge in [0.25, 0.3) is 5.56 Å². The predicted octanol–water partition coefficient (Wildman–Crippen LogP) is 4.63. The second-order valence-electron chi connectivity index (χ2n) is 8.19. The zero-order chi connectivity index (χ0) is 24.4. The Morgan fingerprint density at radius 1 is 1.18 bits per heavy atom. The third-order valence-electron chi connectivity index (χ3n) is 5.36. The van der Waals surface area contributed by atoms with Crippen LogP contribution in [0.3, 0.4) is 0 Å². The molecule has 0 aliphatic carbocycles. The van der Waals surface area contributed by atoms with E-state index in [1.54, 1.807) is 48.7 Å². The molecule has 1 amide bonds. The molecule has 0 bridgehead atoms. The highest BCUT2D eigenvalue weighted by Crippen LogP contribution is 2.35. The second kappa shape index (κ2) is 10.1. The van der Waals surface area contributed by atoms with E-state index in [2.05, 4.69) is 18.3 Å². The largest absolute Gasteiger partial charge is 0.497 e. The molecule has 0 saturated heterocycles. The summed E-state index contributed by atoms with van der Waals surface area (Å²) in [5.41, 5.74) is 4.12. The van der Waals surface area contributed by atoms with Crippen LogP contribution in [0, 0.1) is 13.8 Å². The fourth-order valence-corrected chi connectivity index (χ4v) is 5.86. The van der Waals surface area contributed by atoms with Crippen molar-refractivity contribution in [2.75, 3.05) is 25.3 Å². The number of carbonyl (C=O) groups excluding carboxylic acids is 1. The van der Waals surface area contributed by atoms with Gasteiger partial charge in [0.1, 0.15) is 11.5 Å². The molecule has 1 atom stereocenters. The summed E-state index contributed by atoms with van der Waals surface area (Å²) >= 11 is 2.81. The number of aromatic nitrogens is 2. The van der Waals surface area contributed by atoms with Crippen LogP contribution in [0.25, 0.3) is 5.69 Å². The zero-order valence-electron chi connectivity index (χ0n) is 19.8. The Morgan fingerprint density at radius 3 is 2.59 bits per heavy atom. The van der Waals surface area contributed by atoms with Gasteiger partial charge < -0.3 is 14.8 Å². The number of amides is 1. The minimum absolute atomic E-state index is 0.0817. The molecule has 7 nitrogen and oxygen atoms in total. The highest BCUT2D eigenvalue weighted by atomic mass is 32.2. The SMILES string of the molecule is COc1ccc(OC)c(NC(=O)CSc2nc3c(c(=O)n2-c2cc(C)cc(C)c2)SC(C)C3)c1. The average Bonchev–Trinajstić information content (AvgIpc) is 3.17. The number of hydrogen-bond acceptors (Lipinski definition) is 7. The average molecular weight is 498 g/mol. The van der Waals surface area contributed by atoms with Crippen molar-refractivity contribution in [3.05, 3.63) is 63.6 Å². The van der Waals surface area contributed by atoms with E-state index in [1.807, 2.05) is 26.0 Å². The maximum Gasteiger partial charge on any atom is 0.272 e. The van der Waals surface area contributed by atoms with Crippen LogP contribution in [-0.2, 0) is 11.2 Å². The number of aryl methyl sites for hydroxylation is 2. The number of methoxy groups -OCH3 is 2. The molecule has 1 aliphatic rings. The Bertz CT molecular complexity index is 1290. The van der Waals surface area contributed by atoms with E-state index >= 15 is 0 Å². The molecule has 1 aromatic heterocycles. The van der Waals surface area contributed by atoms with Crippen LogP contribution >= 0.6 is 23.5 Å². The number of rotatable bonds is 7. The number of nitrogens with one attached hydrogen (secondary N) is 1. The van der Waals surface area contributed by atoms with E-state index in [0.717, 1.165) is 28.9 Å². The summed E-state index contributed by atoms with van der Waals surface area (Å²) in [6, 6.07) is 11.2. The van der Waals surface area contributed by atoms with Crippen LogP contribution in [0.4, 0.5) is 5.69 Å². The smallest absolute Gasteiger partial charge is 0.272 e. The van der Waals surface area contributed by atoms with Gasteiger partial charge in [-0.1, -0.05) is 24.8 Å². The van der Waals surface area contributed by atoms with Crippen molar-refractivity contribution >= 4 is 35.1 Å². The molecule has 0 spiro atoms. The van der Waals surface area contributed by atoms with Crippen molar-refractivity contribution in [3.63, 3.8) is 0 Å². The predicted molar refractivity (Wildman–Crippen MR) is 137 cm³/mol. The minimum atomic E-state index is -0.235.